The number of benzene rings is 1. The predicted octanol–water partition coefficient (Wildman–Crippen LogP) is 3.24. The van der Waals surface area contributed by atoms with Crippen molar-refractivity contribution in [2.24, 2.45) is 5.41 Å². The monoisotopic (exact) mass is 281 g/mol. The highest BCUT2D eigenvalue weighted by atomic mass is 19.1. The summed E-state index contributed by atoms with van der Waals surface area (Å²) in [5.41, 5.74) is 0.0187. The van der Waals surface area contributed by atoms with E-state index in [1.54, 1.807) is 26.0 Å². The van der Waals surface area contributed by atoms with E-state index in [4.69, 9.17) is 5.11 Å². The lowest BCUT2D eigenvalue weighted by Gasteiger charge is -2.21. The maximum absolute atomic E-state index is 13.5. The van der Waals surface area contributed by atoms with Gasteiger partial charge in [-0.25, -0.2) is 4.39 Å². The molecule has 1 aromatic carbocycles. The molecule has 0 aliphatic rings. The minimum atomic E-state index is -0.779. The number of carboxylic acid groups (broad SMARTS) is 1. The van der Waals surface area contributed by atoms with Gasteiger partial charge in [-0.1, -0.05) is 18.2 Å². The fraction of sp³-hybridized carbons (Fsp3) is 0.562. The zero-order valence-corrected chi connectivity index (χ0v) is 12.4. The smallest absolute Gasteiger partial charge is 0.309 e. The fourth-order valence-electron chi connectivity index (χ4n) is 1.91. The highest BCUT2D eigenvalue weighted by Crippen LogP contribution is 2.19. The number of halogens is 1. The number of hydrogen-bond donors (Lipinski definition) is 2. The van der Waals surface area contributed by atoms with E-state index < -0.39 is 11.4 Å². The molecule has 4 heteroatoms. The highest BCUT2D eigenvalue weighted by molar-refractivity contribution is 5.73. The first-order chi connectivity index (χ1) is 9.33. The summed E-state index contributed by atoms with van der Waals surface area (Å²) >= 11 is 0. The van der Waals surface area contributed by atoms with Gasteiger partial charge in [0.25, 0.3) is 0 Å². The molecule has 0 fully saturated rings. The molecule has 0 saturated carbocycles. The molecule has 0 radical (unpaired) electrons. The van der Waals surface area contributed by atoms with Crippen LogP contribution in [0.15, 0.2) is 24.3 Å². The van der Waals surface area contributed by atoms with Crippen LogP contribution in [0.1, 0.15) is 39.2 Å². The van der Waals surface area contributed by atoms with Crippen LogP contribution in [-0.2, 0) is 11.2 Å². The van der Waals surface area contributed by atoms with Crippen molar-refractivity contribution in [1.82, 2.24) is 5.32 Å². The third-order valence-corrected chi connectivity index (χ3v) is 3.63. The standard InChI is InChI=1S/C16H24FNO2/c1-12(18-11-10-16(2,3)15(19)20)8-9-13-6-4-5-7-14(13)17/h4-7,12,18H,8-11H2,1-3H3,(H,19,20). The van der Waals surface area contributed by atoms with Crippen LogP contribution >= 0.6 is 0 Å². The van der Waals surface area contributed by atoms with Crippen molar-refractivity contribution in [3.05, 3.63) is 35.6 Å². The maximum atomic E-state index is 13.5. The van der Waals surface area contributed by atoms with Crippen LogP contribution in [-0.4, -0.2) is 23.7 Å². The molecule has 1 atom stereocenters. The van der Waals surface area contributed by atoms with Crippen LogP contribution in [0.3, 0.4) is 0 Å². The molecular formula is C16H24FNO2. The van der Waals surface area contributed by atoms with Gasteiger partial charge in [-0.15, -0.1) is 0 Å². The van der Waals surface area contributed by atoms with Gasteiger partial charge in [0.1, 0.15) is 5.82 Å². The number of carbonyl (C=O) groups is 1. The van der Waals surface area contributed by atoms with Gasteiger partial charge < -0.3 is 10.4 Å². The Hall–Kier alpha value is -1.42. The van der Waals surface area contributed by atoms with E-state index in [1.807, 2.05) is 13.0 Å². The van der Waals surface area contributed by atoms with Crippen LogP contribution in [0.2, 0.25) is 0 Å². The second kappa shape index (κ2) is 7.39. The average molecular weight is 281 g/mol. The van der Waals surface area contributed by atoms with Gasteiger partial charge in [0.05, 0.1) is 5.41 Å². The second-order valence-corrected chi connectivity index (χ2v) is 5.92. The third kappa shape index (κ3) is 5.29. The van der Waals surface area contributed by atoms with E-state index in [1.165, 1.54) is 6.07 Å². The first kappa shape index (κ1) is 16.6. The molecule has 1 unspecified atom stereocenters. The minimum absolute atomic E-state index is 0.160. The quantitative estimate of drug-likeness (QED) is 0.769. The molecule has 0 heterocycles. The number of aryl methyl sites for hydroxylation is 1. The Morgan fingerprint density at radius 3 is 2.65 bits per heavy atom. The highest BCUT2D eigenvalue weighted by Gasteiger charge is 2.26. The van der Waals surface area contributed by atoms with Gasteiger partial charge in [0.2, 0.25) is 0 Å². The Bertz CT molecular complexity index is 446. The van der Waals surface area contributed by atoms with E-state index in [2.05, 4.69) is 5.32 Å². The van der Waals surface area contributed by atoms with Gasteiger partial charge in [-0.2, -0.15) is 0 Å². The van der Waals surface area contributed by atoms with Crippen LogP contribution in [0.4, 0.5) is 4.39 Å². The fourth-order valence-corrected chi connectivity index (χ4v) is 1.91. The average Bonchev–Trinajstić information content (AvgIpc) is 2.37. The molecule has 2 N–H and O–H groups in total. The van der Waals surface area contributed by atoms with Gasteiger partial charge in [-0.05, 0) is 58.2 Å². The third-order valence-electron chi connectivity index (χ3n) is 3.63. The van der Waals surface area contributed by atoms with Gasteiger partial charge in [0, 0.05) is 6.04 Å². The van der Waals surface area contributed by atoms with Gasteiger partial charge in [-0.3, -0.25) is 4.79 Å². The molecule has 0 amide bonds. The lowest BCUT2D eigenvalue weighted by Crippen LogP contribution is -2.33. The van der Waals surface area contributed by atoms with E-state index in [9.17, 15) is 9.18 Å². The first-order valence-corrected chi connectivity index (χ1v) is 7.03. The lowest BCUT2D eigenvalue weighted by molar-refractivity contribution is -0.147. The first-order valence-electron chi connectivity index (χ1n) is 7.03. The second-order valence-electron chi connectivity index (χ2n) is 5.92. The normalized spacial score (nSPS) is 13.2. The number of nitrogens with one attached hydrogen (secondary N) is 1. The summed E-state index contributed by atoms with van der Waals surface area (Å²) in [4.78, 5) is 11.0. The molecule has 0 aliphatic heterocycles. The molecule has 0 aromatic heterocycles. The van der Waals surface area contributed by atoms with E-state index in [0.717, 1.165) is 12.0 Å². The van der Waals surface area contributed by atoms with E-state index >= 15 is 0 Å². The van der Waals surface area contributed by atoms with Gasteiger partial charge in [0.15, 0.2) is 0 Å². The van der Waals surface area contributed by atoms with Crippen molar-refractivity contribution < 1.29 is 14.3 Å². The molecule has 112 valence electrons. The number of carboxylic acids is 1. The maximum Gasteiger partial charge on any atom is 0.309 e. The van der Waals surface area contributed by atoms with E-state index in [-0.39, 0.29) is 11.9 Å². The Morgan fingerprint density at radius 2 is 2.05 bits per heavy atom. The lowest BCUT2D eigenvalue weighted by atomic mass is 9.89. The largest absolute Gasteiger partial charge is 0.481 e. The Morgan fingerprint density at radius 1 is 1.40 bits per heavy atom. The number of hydrogen-bond acceptors (Lipinski definition) is 2. The number of rotatable bonds is 8. The van der Waals surface area contributed by atoms with Crippen LogP contribution < -0.4 is 5.32 Å². The summed E-state index contributed by atoms with van der Waals surface area (Å²) in [5, 5.41) is 12.3. The summed E-state index contributed by atoms with van der Waals surface area (Å²) in [5.74, 6) is -0.940. The molecular weight excluding hydrogens is 257 g/mol. The molecule has 3 nitrogen and oxygen atoms in total. The summed E-state index contributed by atoms with van der Waals surface area (Å²) in [6.07, 6.45) is 2.09. The molecule has 0 aliphatic carbocycles. The minimum Gasteiger partial charge on any atom is -0.481 e. The van der Waals surface area contributed by atoms with Crippen molar-refractivity contribution in [3.8, 4) is 0 Å². The van der Waals surface area contributed by atoms with Crippen molar-refractivity contribution in [2.45, 2.75) is 46.1 Å². The van der Waals surface area contributed by atoms with E-state index in [0.29, 0.717) is 19.4 Å². The summed E-state index contributed by atoms with van der Waals surface area (Å²) in [6.45, 7) is 6.13. The summed E-state index contributed by atoms with van der Waals surface area (Å²) < 4.78 is 13.5. The number of aliphatic carboxylic acids is 1. The Labute approximate surface area is 120 Å². The molecule has 20 heavy (non-hydrogen) atoms. The molecule has 0 bridgehead atoms. The zero-order valence-electron chi connectivity index (χ0n) is 12.4. The Balaban J connectivity index is 2.29. The van der Waals surface area contributed by atoms with Crippen molar-refractivity contribution >= 4 is 5.97 Å². The Kier molecular flexibility index (Phi) is 6.14. The molecule has 1 rings (SSSR count). The SMILES string of the molecule is CC(CCc1ccccc1F)NCCC(C)(C)C(=O)O. The summed E-state index contributed by atoms with van der Waals surface area (Å²) in [6, 6.07) is 7.04. The van der Waals surface area contributed by atoms with Crippen molar-refractivity contribution in [1.29, 1.82) is 0 Å². The molecule has 0 spiro atoms. The van der Waals surface area contributed by atoms with Crippen LogP contribution in [0.5, 0.6) is 0 Å². The van der Waals surface area contributed by atoms with Crippen LogP contribution in [0, 0.1) is 11.2 Å². The topological polar surface area (TPSA) is 49.3 Å². The van der Waals surface area contributed by atoms with Crippen molar-refractivity contribution in [2.75, 3.05) is 6.54 Å². The molecule has 0 saturated heterocycles. The van der Waals surface area contributed by atoms with Crippen molar-refractivity contribution in [3.63, 3.8) is 0 Å². The zero-order chi connectivity index (χ0) is 15.2. The van der Waals surface area contributed by atoms with Crippen LogP contribution in [0.25, 0.3) is 0 Å². The van der Waals surface area contributed by atoms with Gasteiger partial charge >= 0.3 is 5.97 Å². The predicted molar refractivity (Wildman–Crippen MR) is 78.2 cm³/mol. The summed E-state index contributed by atoms with van der Waals surface area (Å²) in [7, 11) is 0. The molecule has 1 aromatic rings.